The van der Waals surface area contributed by atoms with Gasteiger partial charge in [-0.25, -0.2) is 4.79 Å². The van der Waals surface area contributed by atoms with Crippen LogP contribution in [0.25, 0.3) is 0 Å². The lowest BCUT2D eigenvalue weighted by molar-refractivity contribution is -0.384. The molecule has 0 saturated heterocycles. The summed E-state index contributed by atoms with van der Waals surface area (Å²) in [6.45, 7) is 0. The molecule has 0 aliphatic heterocycles. The molecule has 0 amide bonds. The highest BCUT2D eigenvalue weighted by Gasteiger charge is 2.10. The van der Waals surface area contributed by atoms with E-state index < -0.39 is 10.9 Å². The Morgan fingerprint density at radius 2 is 1.75 bits per heavy atom. The highest BCUT2D eigenvalue weighted by molar-refractivity contribution is 5.94. The average Bonchev–Trinajstić information content (AvgIpc) is 2.41. The maximum atomic E-state index is 10.9. The van der Waals surface area contributed by atoms with Crippen LogP contribution < -0.4 is 10.5 Å². The van der Waals surface area contributed by atoms with E-state index in [9.17, 15) is 14.9 Å². The van der Waals surface area contributed by atoms with Crippen LogP contribution in [0.3, 0.4) is 0 Å². The Balaban J connectivity index is 2.23. The van der Waals surface area contributed by atoms with E-state index in [0.717, 1.165) is 0 Å². The molecule has 0 unspecified atom stereocenters. The first-order valence-electron chi connectivity index (χ1n) is 5.52. The van der Waals surface area contributed by atoms with Gasteiger partial charge in [-0.15, -0.1) is 0 Å². The van der Waals surface area contributed by atoms with Crippen LogP contribution in [0, 0.1) is 10.1 Å². The molecule has 0 radical (unpaired) electrons. The van der Waals surface area contributed by atoms with Gasteiger partial charge < -0.3 is 15.6 Å². The number of nitro benzene ring substituents is 1. The molecule has 102 valence electrons. The second kappa shape index (κ2) is 5.27. The molecule has 0 aliphatic rings. The molecule has 20 heavy (non-hydrogen) atoms. The van der Waals surface area contributed by atoms with Crippen molar-refractivity contribution >= 4 is 17.3 Å². The molecule has 0 aromatic heterocycles. The zero-order chi connectivity index (χ0) is 14.7. The van der Waals surface area contributed by atoms with Gasteiger partial charge in [0.25, 0.3) is 5.69 Å². The van der Waals surface area contributed by atoms with Crippen LogP contribution in [0.5, 0.6) is 11.5 Å². The summed E-state index contributed by atoms with van der Waals surface area (Å²) in [4.78, 5) is 20.9. The fourth-order valence-electron chi connectivity index (χ4n) is 1.56. The molecule has 2 aromatic carbocycles. The van der Waals surface area contributed by atoms with Gasteiger partial charge in [-0.3, -0.25) is 10.1 Å². The number of anilines is 1. The van der Waals surface area contributed by atoms with Crippen molar-refractivity contribution in [1.29, 1.82) is 0 Å². The van der Waals surface area contributed by atoms with E-state index in [1.165, 1.54) is 42.5 Å². The first kappa shape index (κ1) is 13.3. The molecular weight excluding hydrogens is 264 g/mol. The summed E-state index contributed by atoms with van der Waals surface area (Å²) in [5.74, 6) is -0.515. The number of rotatable bonds is 4. The van der Waals surface area contributed by atoms with Crippen LogP contribution >= 0.6 is 0 Å². The van der Waals surface area contributed by atoms with Gasteiger partial charge in [-0.05, 0) is 30.3 Å². The Bertz CT molecular complexity index is 667. The van der Waals surface area contributed by atoms with Crippen molar-refractivity contribution < 1.29 is 19.6 Å². The molecule has 0 atom stereocenters. The third kappa shape index (κ3) is 2.83. The maximum Gasteiger partial charge on any atom is 0.337 e. The molecule has 0 aliphatic carbocycles. The topological polar surface area (TPSA) is 116 Å². The van der Waals surface area contributed by atoms with Crippen LogP contribution in [0.15, 0.2) is 42.5 Å². The lowest BCUT2D eigenvalue weighted by Crippen LogP contribution is -2.02. The van der Waals surface area contributed by atoms with Crippen molar-refractivity contribution in [3.05, 3.63) is 58.1 Å². The highest BCUT2D eigenvalue weighted by Crippen LogP contribution is 2.26. The summed E-state index contributed by atoms with van der Waals surface area (Å²) in [5, 5.41) is 19.5. The number of nitrogens with two attached hydrogens (primary N) is 1. The smallest absolute Gasteiger partial charge is 0.337 e. The van der Waals surface area contributed by atoms with Gasteiger partial charge in [-0.2, -0.15) is 0 Å². The zero-order valence-corrected chi connectivity index (χ0v) is 10.1. The van der Waals surface area contributed by atoms with Gasteiger partial charge in [0, 0.05) is 17.8 Å². The number of aromatic carboxylic acids is 1. The van der Waals surface area contributed by atoms with E-state index in [4.69, 9.17) is 15.6 Å². The largest absolute Gasteiger partial charge is 0.478 e. The number of carbonyl (C=O) groups is 1. The first-order valence-corrected chi connectivity index (χ1v) is 5.52. The normalized spacial score (nSPS) is 10.0. The van der Waals surface area contributed by atoms with E-state index in [0.29, 0.717) is 5.75 Å². The summed E-state index contributed by atoms with van der Waals surface area (Å²) in [7, 11) is 0. The van der Waals surface area contributed by atoms with Crippen molar-refractivity contribution in [2.24, 2.45) is 0 Å². The fraction of sp³-hybridized carbons (Fsp3) is 0. The minimum atomic E-state index is -1.16. The number of nitrogen functional groups attached to an aromatic ring is 1. The van der Waals surface area contributed by atoms with E-state index in [2.05, 4.69) is 0 Å². The number of hydrogen-bond donors (Lipinski definition) is 2. The Morgan fingerprint density at radius 3 is 2.30 bits per heavy atom. The molecule has 3 N–H and O–H groups in total. The van der Waals surface area contributed by atoms with Crippen molar-refractivity contribution in [1.82, 2.24) is 0 Å². The number of nitrogens with zero attached hydrogens (tertiary/aromatic N) is 1. The summed E-state index contributed by atoms with van der Waals surface area (Å²) >= 11 is 0. The minimum Gasteiger partial charge on any atom is -0.478 e. The lowest BCUT2D eigenvalue weighted by atomic mass is 10.2. The first-order chi connectivity index (χ1) is 9.47. The number of carboxylic acid groups (broad SMARTS) is 1. The van der Waals surface area contributed by atoms with Gasteiger partial charge in [0.15, 0.2) is 0 Å². The SMILES string of the molecule is Nc1ccc(Oc2ccc([N+](=O)[O-])cc2)cc1C(=O)O. The highest BCUT2D eigenvalue weighted by atomic mass is 16.6. The summed E-state index contributed by atoms with van der Waals surface area (Å²) in [6.07, 6.45) is 0. The van der Waals surface area contributed by atoms with Crippen molar-refractivity contribution in [2.75, 3.05) is 5.73 Å². The summed E-state index contributed by atoms with van der Waals surface area (Å²) < 4.78 is 5.42. The second-order valence-electron chi connectivity index (χ2n) is 3.91. The number of carboxylic acids is 1. The number of ether oxygens (including phenoxy) is 1. The Morgan fingerprint density at radius 1 is 1.15 bits per heavy atom. The molecule has 0 fully saturated rings. The van der Waals surface area contributed by atoms with Gasteiger partial charge in [-0.1, -0.05) is 0 Å². The summed E-state index contributed by atoms with van der Waals surface area (Å²) in [6, 6.07) is 9.67. The monoisotopic (exact) mass is 274 g/mol. The van der Waals surface area contributed by atoms with Crippen molar-refractivity contribution in [3.8, 4) is 11.5 Å². The second-order valence-corrected chi connectivity index (χ2v) is 3.91. The molecule has 0 spiro atoms. The van der Waals surface area contributed by atoms with Gasteiger partial charge >= 0.3 is 5.97 Å². The number of benzene rings is 2. The van der Waals surface area contributed by atoms with Crippen LogP contribution in [0.2, 0.25) is 0 Å². The summed E-state index contributed by atoms with van der Waals surface area (Å²) in [5.41, 5.74) is 5.54. The molecular formula is C13H10N2O5. The van der Waals surface area contributed by atoms with E-state index in [1.807, 2.05) is 0 Å². The number of non-ortho nitro benzene ring substituents is 1. The minimum absolute atomic E-state index is 0.0547. The molecule has 7 heteroatoms. The maximum absolute atomic E-state index is 10.9. The van der Waals surface area contributed by atoms with Crippen LogP contribution in [0.4, 0.5) is 11.4 Å². The predicted octanol–water partition coefficient (Wildman–Crippen LogP) is 2.67. The quantitative estimate of drug-likeness (QED) is 0.503. The van der Waals surface area contributed by atoms with Crippen LogP contribution in [0.1, 0.15) is 10.4 Å². The molecule has 0 heterocycles. The Hall–Kier alpha value is -3.09. The number of nitro groups is 1. The van der Waals surface area contributed by atoms with Crippen molar-refractivity contribution in [2.45, 2.75) is 0 Å². The third-order valence-corrected chi connectivity index (χ3v) is 2.54. The van der Waals surface area contributed by atoms with E-state index in [1.54, 1.807) is 0 Å². The predicted molar refractivity (Wildman–Crippen MR) is 71.0 cm³/mol. The van der Waals surface area contributed by atoms with Gasteiger partial charge in [0.05, 0.1) is 10.5 Å². The Labute approximate surface area is 113 Å². The van der Waals surface area contributed by atoms with Gasteiger partial charge in [0.1, 0.15) is 11.5 Å². The third-order valence-electron chi connectivity index (χ3n) is 2.54. The van der Waals surface area contributed by atoms with Crippen LogP contribution in [-0.2, 0) is 0 Å². The Kier molecular flexibility index (Phi) is 3.52. The molecule has 0 bridgehead atoms. The lowest BCUT2D eigenvalue weighted by Gasteiger charge is -2.07. The molecule has 0 saturated carbocycles. The molecule has 7 nitrogen and oxygen atoms in total. The fourth-order valence-corrected chi connectivity index (χ4v) is 1.56. The average molecular weight is 274 g/mol. The van der Waals surface area contributed by atoms with Gasteiger partial charge in [0.2, 0.25) is 0 Å². The molecule has 2 rings (SSSR count). The van der Waals surface area contributed by atoms with Crippen molar-refractivity contribution in [3.63, 3.8) is 0 Å². The van der Waals surface area contributed by atoms with E-state index in [-0.39, 0.29) is 22.7 Å². The standard InChI is InChI=1S/C13H10N2O5/c14-12-6-5-10(7-11(12)13(16)17)20-9-3-1-8(2-4-9)15(18)19/h1-7H,14H2,(H,16,17). The van der Waals surface area contributed by atoms with Crippen LogP contribution in [-0.4, -0.2) is 16.0 Å². The zero-order valence-electron chi connectivity index (χ0n) is 10.1. The number of hydrogen-bond acceptors (Lipinski definition) is 5. The molecule has 2 aromatic rings. The van der Waals surface area contributed by atoms with E-state index >= 15 is 0 Å².